The standard InChI is InChI=1S/C15H15NO3S/c1-18-11-7-3-4-8-12(11)20-13-9-5-6-10(14(13)16)15(17)19-2/h3-9H,16H2,1-2H3. The van der Waals surface area contributed by atoms with Crippen LogP contribution in [-0.2, 0) is 4.74 Å². The Labute approximate surface area is 121 Å². The van der Waals surface area contributed by atoms with Crippen molar-refractivity contribution in [2.45, 2.75) is 9.79 Å². The number of hydrogen-bond acceptors (Lipinski definition) is 5. The summed E-state index contributed by atoms with van der Waals surface area (Å²) in [6.45, 7) is 0. The Morgan fingerprint density at radius 1 is 1.05 bits per heavy atom. The second-order valence-corrected chi connectivity index (χ2v) is 5.05. The largest absolute Gasteiger partial charge is 0.496 e. The fraction of sp³-hybridized carbons (Fsp3) is 0.133. The summed E-state index contributed by atoms with van der Waals surface area (Å²) in [7, 11) is 2.95. The molecule has 0 aliphatic carbocycles. The van der Waals surface area contributed by atoms with Gasteiger partial charge < -0.3 is 15.2 Å². The average molecular weight is 289 g/mol. The molecule has 2 aromatic rings. The van der Waals surface area contributed by atoms with E-state index >= 15 is 0 Å². The van der Waals surface area contributed by atoms with Gasteiger partial charge in [0.15, 0.2) is 0 Å². The molecule has 104 valence electrons. The van der Waals surface area contributed by atoms with E-state index in [4.69, 9.17) is 15.2 Å². The van der Waals surface area contributed by atoms with Crippen molar-refractivity contribution < 1.29 is 14.3 Å². The molecule has 0 aliphatic heterocycles. The molecule has 20 heavy (non-hydrogen) atoms. The molecule has 0 aromatic heterocycles. The third-order valence-corrected chi connectivity index (χ3v) is 3.89. The first-order valence-electron chi connectivity index (χ1n) is 5.95. The highest BCUT2D eigenvalue weighted by molar-refractivity contribution is 7.99. The number of hydrogen-bond donors (Lipinski definition) is 1. The zero-order valence-electron chi connectivity index (χ0n) is 11.3. The van der Waals surface area contributed by atoms with Gasteiger partial charge in [0, 0.05) is 4.90 Å². The van der Waals surface area contributed by atoms with Gasteiger partial charge in [0.2, 0.25) is 0 Å². The Kier molecular flexibility index (Phi) is 4.53. The van der Waals surface area contributed by atoms with E-state index in [0.717, 1.165) is 15.5 Å². The van der Waals surface area contributed by atoms with Crippen LogP contribution in [0.5, 0.6) is 5.75 Å². The second-order valence-electron chi connectivity index (χ2n) is 3.96. The highest BCUT2D eigenvalue weighted by atomic mass is 32.2. The summed E-state index contributed by atoms with van der Waals surface area (Å²) in [5.41, 5.74) is 6.82. The predicted molar refractivity (Wildman–Crippen MR) is 79.3 cm³/mol. The molecule has 0 spiro atoms. The van der Waals surface area contributed by atoms with Crippen LogP contribution in [0.2, 0.25) is 0 Å². The highest BCUT2D eigenvalue weighted by Crippen LogP contribution is 2.38. The van der Waals surface area contributed by atoms with Crippen molar-refractivity contribution in [1.29, 1.82) is 0 Å². The molecule has 2 N–H and O–H groups in total. The van der Waals surface area contributed by atoms with Gasteiger partial charge in [0.05, 0.1) is 30.4 Å². The number of methoxy groups -OCH3 is 2. The maximum Gasteiger partial charge on any atom is 0.339 e. The van der Waals surface area contributed by atoms with Gasteiger partial charge in [-0.1, -0.05) is 30.0 Å². The molecule has 0 amide bonds. The molecular weight excluding hydrogens is 274 g/mol. The lowest BCUT2D eigenvalue weighted by Crippen LogP contribution is -2.06. The summed E-state index contributed by atoms with van der Waals surface area (Å²) in [5.74, 6) is 0.324. The first kappa shape index (κ1) is 14.3. The first-order valence-corrected chi connectivity index (χ1v) is 6.76. The number of ether oxygens (including phenoxy) is 2. The van der Waals surface area contributed by atoms with Crippen molar-refractivity contribution in [2.24, 2.45) is 0 Å². The Bertz CT molecular complexity index is 628. The summed E-state index contributed by atoms with van der Waals surface area (Å²) in [4.78, 5) is 13.3. The number of benzene rings is 2. The summed E-state index contributed by atoms with van der Waals surface area (Å²) >= 11 is 1.45. The van der Waals surface area contributed by atoms with E-state index in [9.17, 15) is 4.79 Å². The van der Waals surface area contributed by atoms with Crippen molar-refractivity contribution in [2.75, 3.05) is 20.0 Å². The smallest absolute Gasteiger partial charge is 0.339 e. The number of anilines is 1. The Hall–Kier alpha value is -2.14. The first-order chi connectivity index (χ1) is 9.67. The Morgan fingerprint density at radius 2 is 1.75 bits per heavy atom. The lowest BCUT2D eigenvalue weighted by Gasteiger charge is -2.11. The van der Waals surface area contributed by atoms with E-state index in [2.05, 4.69) is 0 Å². The van der Waals surface area contributed by atoms with Crippen LogP contribution >= 0.6 is 11.8 Å². The molecule has 5 heteroatoms. The molecule has 0 bridgehead atoms. The minimum atomic E-state index is -0.440. The van der Waals surface area contributed by atoms with Gasteiger partial charge in [0.25, 0.3) is 0 Å². The highest BCUT2D eigenvalue weighted by Gasteiger charge is 2.14. The summed E-state index contributed by atoms with van der Waals surface area (Å²) in [5, 5.41) is 0. The van der Waals surface area contributed by atoms with Gasteiger partial charge in [0.1, 0.15) is 5.75 Å². The fourth-order valence-corrected chi connectivity index (χ4v) is 2.74. The molecule has 0 fully saturated rings. The van der Waals surface area contributed by atoms with Crippen molar-refractivity contribution in [1.82, 2.24) is 0 Å². The molecule has 0 heterocycles. The lowest BCUT2D eigenvalue weighted by atomic mass is 10.2. The van der Waals surface area contributed by atoms with Crippen LogP contribution in [0.1, 0.15) is 10.4 Å². The van der Waals surface area contributed by atoms with Gasteiger partial charge in [-0.15, -0.1) is 0 Å². The zero-order chi connectivity index (χ0) is 14.5. The average Bonchev–Trinajstić information content (AvgIpc) is 2.49. The van der Waals surface area contributed by atoms with E-state index < -0.39 is 5.97 Å². The van der Waals surface area contributed by atoms with Gasteiger partial charge >= 0.3 is 5.97 Å². The van der Waals surface area contributed by atoms with E-state index in [0.29, 0.717) is 11.3 Å². The van der Waals surface area contributed by atoms with Gasteiger partial charge in [-0.3, -0.25) is 0 Å². The van der Waals surface area contributed by atoms with Crippen LogP contribution in [0.25, 0.3) is 0 Å². The number of esters is 1. The molecule has 0 atom stereocenters. The maximum absolute atomic E-state index is 11.6. The number of carbonyl (C=O) groups is 1. The van der Waals surface area contributed by atoms with Crippen LogP contribution in [-0.4, -0.2) is 20.2 Å². The fourth-order valence-electron chi connectivity index (χ4n) is 1.74. The quantitative estimate of drug-likeness (QED) is 0.691. The molecular formula is C15H15NO3S. The normalized spacial score (nSPS) is 10.1. The molecule has 0 saturated carbocycles. The monoisotopic (exact) mass is 289 g/mol. The topological polar surface area (TPSA) is 61.5 Å². The van der Waals surface area contributed by atoms with E-state index in [1.807, 2.05) is 30.3 Å². The number of rotatable bonds is 4. The minimum Gasteiger partial charge on any atom is -0.496 e. The molecule has 0 unspecified atom stereocenters. The number of carbonyl (C=O) groups excluding carboxylic acids is 1. The Morgan fingerprint density at radius 3 is 2.45 bits per heavy atom. The molecule has 0 aliphatic rings. The minimum absolute atomic E-state index is 0.368. The number of para-hydroxylation sites is 2. The number of nitrogens with two attached hydrogens (primary N) is 1. The summed E-state index contributed by atoms with van der Waals surface area (Å²) < 4.78 is 10.0. The summed E-state index contributed by atoms with van der Waals surface area (Å²) in [6, 6.07) is 12.9. The van der Waals surface area contributed by atoms with Crippen LogP contribution in [0.15, 0.2) is 52.3 Å². The maximum atomic E-state index is 11.6. The van der Waals surface area contributed by atoms with Gasteiger partial charge in [-0.05, 0) is 24.3 Å². The zero-order valence-corrected chi connectivity index (χ0v) is 12.1. The van der Waals surface area contributed by atoms with Gasteiger partial charge in [-0.2, -0.15) is 0 Å². The van der Waals surface area contributed by atoms with Crippen molar-refractivity contribution >= 4 is 23.4 Å². The van der Waals surface area contributed by atoms with E-state index in [1.54, 1.807) is 19.2 Å². The Balaban J connectivity index is 2.37. The van der Waals surface area contributed by atoms with E-state index in [1.165, 1.54) is 18.9 Å². The predicted octanol–water partition coefficient (Wildman–Crippen LogP) is 3.22. The molecule has 4 nitrogen and oxygen atoms in total. The van der Waals surface area contributed by atoms with Crippen molar-refractivity contribution in [3.63, 3.8) is 0 Å². The third-order valence-electron chi connectivity index (χ3n) is 2.76. The molecule has 2 rings (SSSR count). The second kappa shape index (κ2) is 6.34. The molecule has 2 aromatic carbocycles. The summed E-state index contributed by atoms with van der Waals surface area (Å²) in [6.07, 6.45) is 0. The van der Waals surface area contributed by atoms with Crippen molar-refractivity contribution in [3.8, 4) is 5.75 Å². The lowest BCUT2D eigenvalue weighted by molar-refractivity contribution is 0.0601. The van der Waals surface area contributed by atoms with Crippen LogP contribution in [0, 0.1) is 0 Å². The van der Waals surface area contributed by atoms with E-state index in [-0.39, 0.29) is 0 Å². The van der Waals surface area contributed by atoms with Crippen molar-refractivity contribution in [3.05, 3.63) is 48.0 Å². The van der Waals surface area contributed by atoms with Crippen LogP contribution < -0.4 is 10.5 Å². The molecule has 0 radical (unpaired) electrons. The van der Waals surface area contributed by atoms with Crippen LogP contribution in [0.3, 0.4) is 0 Å². The third kappa shape index (κ3) is 2.88. The SMILES string of the molecule is COC(=O)c1cccc(Sc2ccccc2OC)c1N. The number of nitrogen functional groups attached to an aromatic ring is 1. The van der Waals surface area contributed by atoms with Crippen LogP contribution in [0.4, 0.5) is 5.69 Å². The van der Waals surface area contributed by atoms with Gasteiger partial charge in [-0.25, -0.2) is 4.79 Å². The molecule has 0 saturated heterocycles.